The monoisotopic (exact) mass is 809 g/mol. The minimum Gasteiger partial charge on any atom is -0.456 e. The van der Waals surface area contributed by atoms with Crippen LogP contribution in [0.1, 0.15) is 112 Å². The number of allylic oxidation sites excluding steroid dienone is 3. The number of ether oxygens (including phenoxy) is 5. The highest BCUT2D eigenvalue weighted by atomic mass is 35.5. The minimum atomic E-state index is -2.49. The average molecular weight is 810 g/mol. The Hall–Kier alpha value is -2.19. The summed E-state index contributed by atoms with van der Waals surface area (Å²) in [5.74, 6) is -7.31. The number of aliphatic hydroxyl groups is 2. The molecule has 2 N–H and O–H groups in total. The second-order valence-electron chi connectivity index (χ2n) is 17.1. The fraction of sp³-hybridized carbons (Fsp3) is 0.814. The van der Waals surface area contributed by atoms with Gasteiger partial charge in [-0.3, -0.25) is 14.4 Å². The molecule has 4 rings (SSSR count). The lowest BCUT2D eigenvalue weighted by Gasteiger charge is -2.47. The largest absolute Gasteiger partial charge is 0.456 e. The van der Waals surface area contributed by atoms with Gasteiger partial charge < -0.3 is 38.8 Å². The number of cyclic esters (lactones) is 1. The molecule has 12 nitrogen and oxygen atoms in total. The predicted molar refractivity (Wildman–Crippen MR) is 212 cm³/mol. The maximum atomic E-state index is 14.3. The van der Waals surface area contributed by atoms with Crippen LogP contribution in [-0.2, 0) is 42.9 Å². The van der Waals surface area contributed by atoms with Crippen molar-refractivity contribution in [2.45, 2.75) is 166 Å². The van der Waals surface area contributed by atoms with Crippen molar-refractivity contribution in [2.75, 3.05) is 27.9 Å². The zero-order valence-corrected chi connectivity index (χ0v) is 35.8. The Balaban J connectivity index is 1.76. The summed E-state index contributed by atoms with van der Waals surface area (Å²) in [6.45, 7) is 11.3. The van der Waals surface area contributed by atoms with Gasteiger partial charge in [0.15, 0.2) is 0 Å². The van der Waals surface area contributed by atoms with Crippen LogP contribution in [-0.4, -0.2) is 120 Å². The molecule has 0 radical (unpaired) electrons. The number of amides is 1. The number of hydrogen-bond donors (Lipinski definition) is 2. The van der Waals surface area contributed by atoms with Crippen molar-refractivity contribution in [1.29, 1.82) is 0 Å². The molecule has 318 valence electrons. The Labute approximate surface area is 339 Å². The molecular formula is C43H68ClNO11. The number of hydrogen-bond acceptors (Lipinski definition) is 11. The molecule has 0 aromatic rings. The number of piperidine rings is 1. The van der Waals surface area contributed by atoms with Crippen LogP contribution < -0.4 is 0 Å². The third-order valence-electron chi connectivity index (χ3n) is 12.8. The summed E-state index contributed by atoms with van der Waals surface area (Å²) in [6.07, 6.45) is 5.16. The van der Waals surface area contributed by atoms with Crippen LogP contribution in [0.3, 0.4) is 0 Å². The number of fused-ring (bicyclic) bond motifs is 3. The van der Waals surface area contributed by atoms with Crippen LogP contribution >= 0.6 is 11.6 Å². The van der Waals surface area contributed by atoms with Crippen LogP contribution in [0.2, 0.25) is 0 Å². The third kappa shape index (κ3) is 10.9. The number of Topliss-reactive ketones (excluding diaryl/α,β-unsaturated/α-hetero) is 2. The predicted octanol–water partition coefficient (Wildman–Crippen LogP) is 5.72. The first-order valence-electron chi connectivity index (χ1n) is 20.7. The summed E-state index contributed by atoms with van der Waals surface area (Å²) in [5.41, 5.74) is 1.71. The van der Waals surface area contributed by atoms with Crippen molar-refractivity contribution >= 4 is 35.0 Å². The molecule has 0 unspecified atom stereocenters. The summed E-state index contributed by atoms with van der Waals surface area (Å²) in [4.78, 5) is 57.7. The number of methoxy groups -OCH3 is 3. The number of carbonyl (C=O) groups is 4. The standard InChI is InChI=1S/C43H68ClNO11/c1-10-30-18-24(2)17-25(3)19-36(53-8)39-37(54-9)21-27(5)43(51,56-39)40(48)41(49)45-16-12-11-13-32(45)42(50)55-38(28(6)33(46)23-34(30)47)26(4)20-29-14-15-31(44)35(22-29)52-7/h18,20,25,27-33,35-39,46,51H,10-17,19,21-23H2,1-9H3/b24-18+,26-20+/t25-,27+,28+,29-,30+,31-,32-,33-,35-,36-,37+,38+,39+,43+/m0/s1. The van der Waals surface area contributed by atoms with E-state index in [1.165, 1.54) is 19.1 Å². The van der Waals surface area contributed by atoms with Crippen molar-refractivity contribution in [3.63, 3.8) is 0 Å². The number of aliphatic hydroxyl groups excluding tert-OH is 1. The summed E-state index contributed by atoms with van der Waals surface area (Å²) in [6, 6.07) is -1.12. The Bertz CT molecular complexity index is 1440. The van der Waals surface area contributed by atoms with Gasteiger partial charge in [-0.05, 0) is 95.5 Å². The summed E-state index contributed by atoms with van der Waals surface area (Å²) in [7, 11) is 4.71. The molecule has 0 aromatic carbocycles. The zero-order valence-electron chi connectivity index (χ0n) is 35.0. The first-order chi connectivity index (χ1) is 26.5. The van der Waals surface area contributed by atoms with E-state index in [1.54, 1.807) is 21.0 Å². The summed E-state index contributed by atoms with van der Waals surface area (Å²) < 4.78 is 29.9. The number of esters is 1. The Kier molecular flexibility index (Phi) is 17.2. The molecule has 1 aliphatic carbocycles. The van der Waals surface area contributed by atoms with Crippen LogP contribution in [0.4, 0.5) is 0 Å². The van der Waals surface area contributed by atoms with Gasteiger partial charge in [0.2, 0.25) is 5.79 Å². The Morgan fingerprint density at radius 2 is 1.62 bits per heavy atom. The normalized spacial score (nSPS) is 41.6. The fourth-order valence-corrected chi connectivity index (χ4v) is 9.69. The third-order valence-corrected chi connectivity index (χ3v) is 13.3. The van der Waals surface area contributed by atoms with E-state index in [2.05, 4.69) is 6.92 Å². The maximum absolute atomic E-state index is 14.3. The molecule has 56 heavy (non-hydrogen) atoms. The number of halogens is 1. The van der Waals surface area contributed by atoms with Crippen molar-refractivity contribution in [3.8, 4) is 0 Å². The van der Waals surface area contributed by atoms with Crippen LogP contribution in [0.25, 0.3) is 0 Å². The SMILES string of the molecule is CC[C@@H]1/C=C(\C)C[C@H](C)C[C@H](OC)[C@H]2O[C@@](O)(C(=O)C(=O)N3CCCC[C@H]3C(=O)O[C@H](/C(C)=C/[C@@H]3CC[C@H](Cl)[C@@H](OC)C3)[C@H](C)[C@@H](O)CC1=O)[C@H](C)C[C@H]2OC. The molecule has 3 fully saturated rings. The van der Waals surface area contributed by atoms with Crippen molar-refractivity contribution < 1.29 is 53.1 Å². The van der Waals surface area contributed by atoms with Crippen LogP contribution in [0, 0.1) is 29.6 Å². The van der Waals surface area contributed by atoms with Gasteiger partial charge in [-0.1, -0.05) is 45.4 Å². The van der Waals surface area contributed by atoms with Gasteiger partial charge in [0.25, 0.3) is 11.7 Å². The van der Waals surface area contributed by atoms with E-state index in [4.69, 9.17) is 35.3 Å². The average Bonchev–Trinajstić information content (AvgIpc) is 3.18. The highest BCUT2D eigenvalue weighted by molar-refractivity contribution is 6.39. The highest BCUT2D eigenvalue weighted by Gasteiger charge is 2.56. The first kappa shape index (κ1) is 46.5. The van der Waals surface area contributed by atoms with Crippen molar-refractivity contribution in [1.82, 2.24) is 4.90 Å². The van der Waals surface area contributed by atoms with E-state index in [0.717, 1.165) is 18.4 Å². The molecule has 0 spiro atoms. The second-order valence-corrected chi connectivity index (χ2v) is 17.7. The quantitative estimate of drug-likeness (QED) is 0.146. The zero-order chi connectivity index (χ0) is 41.5. The lowest BCUT2D eigenvalue weighted by molar-refractivity contribution is -0.302. The summed E-state index contributed by atoms with van der Waals surface area (Å²) in [5, 5.41) is 23.6. The molecule has 1 saturated carbocycles. The minimum absolute atomic E-state index is 0.0425. The summed E-state index contributed by atoms with van der Waals surface area (Å²) >= 11 is 6.52. The van der Waals surface area contributed by atoms with Crippen LogP contribution in [0.15, 0.2) is 23.3 Å². The number of ketones is 2. The molecule has 13 heteroatoms. The molecule has 3 aliphatic heterocycles. The topological polar surface area (TPSA) is 158 Å². The van der Waals surface area contributed by atoms with Crippen molar-refractivity contribution in [2.24, 2.45) is 29.6 Å². The van der Waals surface area contributed by atoms with Crippen molar-refractivity contribution in [3.05, 3.63) is 23.3 Å². The smallest absolute Gasteiger partial charge is 0.329 e. The molecule has 1 amide bonds. The van der Waals surface area contributed by atoms with Gasteiger partial charge in [-0.25, -0.2) is 4.79 Å². The Morgan fingerprint density at radius 3 is 2.27 bits per heavy atom. The maximum Gasteiger partial charge on any atom is 0.329 e. The van der Waals surface area contributed by atoms with Gasteiger partial charge in [0.05, 0.1) is 29.8 Å². The number of rotatable bonds is 6. The molecule has 3 heterocycles. The number of alkyl halides is 1. The van der Waals surface area contributed by atoms with Gasteiger partial charge in [-0.2, -0.15) is 0 Å². The molecule has 2 saturated heterocycles. The second kappa shape index (κ2) is 20.7. The van der Waals surface area contributed by atoms with E-state index in [1.807, 2.05) is 32.9 Å². The fourth-order valence-electron chi connectivity index (χ4n) is 9.36. The van der Waals surface area contributed by atoms with Gasteiger partial charge in [-0.15, -0.1) is 11.6 Å². The number of carbonyl (C=O) groups excluding carboxylic acids is 4. The lowest BCUT2D eigenvalue weighted by atomic mass is 9.82. The van der Waals surface area contributed by atoms with Gasteiger partial charge in [0, 0.05) is 52.0 Å². The van der Waals surface area contributed by atoms with Crippen LogP contribution in [0.5, 0.6) is 0 Å². The molecule has 4 aliphatic rings. The molecule has 0 aromatic heterocycles. The number of nitrogens with zero attached hydrogens (tertiary/aromatic N) is 1. The first-order valence-corrected chi connectivity index (χ1v) is 21.2. The lowest BCUT2D eigenvalue weighted by Crippen LogP contribution is -2.64. The van der Waals surface area contributed by atoms with E-state index < -0.39 is 77.8 Å². The molecular weight excluding hydrogens is 742 g/mol. The van der Waals surface area contributed by atoms with E-state index in [0.29, 0.717) is 44.1 Å². The molecule has 14 atom stereocenters. The highest BCUT2D eigenvalue weighted by Crippen LogP contribution is 2.39. The van der Waals surface area contributed by atoms with E-state index in [9.17, 15) is 29.4 Å². The Morgan fingerprint density at radius 1 is 0.964 bits per heavy atom. The van der Waals surface area contributed by atoms with E-state index >= 15 is 0 Å². The molecule has 2 bridgehead atoms. The van der Waals surface area contributed by atoms with Gasteiger partial charge in [0.1, 0.15) is 24.0 Å². The van der Waals surface area contributed by atoms with Gasteiger partial charge >= 0.3 is 5.97 Å². The van der Waals surface area contributed by atoms with E-state index in [-0.39, 0.29) is 54.9 Å².